The molecule has 1 heterocycles. The number of hydrogen-bond acceptors (Lipinski definition) is 4. The minimum absolute atomic E-state index is 0. The highest BCUT2D eigenvalue weighted by Gasteiger charge is 2.63. The molecule has 1 aromatic rings. The van der Waals surface area contributed by atoms with Gasteiger partial charge in [-0.05, 0) is 38.3 Å². The fourth-order valence-corrected chi connectivity index (χ4v) is 4.40. The molecule has 3 N–H and O–H groups in total. The number of ether oxygens (including phenoxy) is 1. The van der Waals surface area contributed by atoms with Gasteiger partial charge in [0.15, 0.2) is 0 Å². The Morgan fingerprint density at radius 1 is 1.24 bits per heavy atom. The molecule has 2 unspecified atom stereocenters. The summed E-state index contributed by atoms with van der Waals surface area (Å²) < 4.78 is 5.74. The van der Waals surface area contributed by atoms with Gasteiger partial charge in [0.2, 0.25) is 5.91 Å². The average molecular weight is 424 g/mol. The van der Waals surface area contributed by atoms with E-state index in [4.69, 9.17) is 10.5 Å². The molecule has 1 saturated heterocycles. The summed E-state index contributed by atoms with van der Waals surface area (Å²) in [6, 6.07) is 7.66. The number of aryl methyl sites for hydroxylation is 1. The summed E-state index contributed by atoms with van der Waals surface area (Å²) in [6.07, 6.45) is 2.08. The van der Waals surface area contributed by atoms with Gasteiger partial charge in [-0.2, -0.15) is 0 Å². The SMILES string of the molecule is CCOC1CC(N)(C(=O)N2CCC(NC(=O)c3ccccc3C)CC2)C1(C)C.Cl. The first-order valence-corrected chi connectivity index (χ1v) is 10.3. The Hall–Kier alpha value is -1.63. The molecule has 1 aliphatic heterocycles. The van der Waals surface area contributed by atoms with E-state index < -0.39 is 5.54 Å². The predicted molar refractivity (Wildman–Crippen MR) is 116 cm³/mol. The minimum Gasteiger partial charge on any atom is -0.378 e. The third kappa shape index (κ3) is 4.30. The Kier molecular flexibility index (Phi) is 7.36. The Bertz CT molecular complexity index is 747. The molecule has 6 nitrogen and oxygen atoms in total. The summed E-state index contributed by atoms with van der Waals surface area (Å²) in [5, 5.41) is 3.11. The zero-order valence-corrected chi connectivity index (χ0v) is 18.7. The van der Waals surface area contributed by atoms with Gasteiger partial charge >= 0.3 is 0 Å². The second kappa shape index (κ2) is 9.02. The van der Waals surface area contributed by atoms with Gasteiger partial charge in [-0.1, -0.05) is 32.0 Å². The molecule has 29 heavy (non-hydrogen) atoms. The lowest BCUT2D eigenvalue weighted by atomic mass is 9.54. The van der Waals surface area contributed by atoms with E-state index in [-0.39, 0.29) is 41.8 Å². The number of rotatable bonds is 5. The first-order valence-electron chi connectivity index (χ1n) is 10.3. The van der Waals surface area contributed by atoms with Crippen LogP contribution in [0.5, 0.6) is 0 Å². The van der Waals surface area contributed by atoms with Crippen molar-refractivity contribution in [1.82, 2.24) is 10.2 Å². The van der Waals surface area contributed by atoms with Crippen LogP contribution in [0.2, 0.25) is 0 Å². The van der Waals surface area contributed by atoms with Crippen LogP contribution in [0.3, 0.4) is 0 Å². The summed E-state index contributed by atoms with van der Waals surface area (Å²) >= 11 is 0. The molecule has 1 aromatic carbocycles. The Balaban J connectivity index is 0.00000300. The lowest BCUT2D eigenvalue weighted by molar-refractivity contribution is -0.180. The first kappa shape index (κ1) is 23.6. The van der Waals surface area contributed by atoms with Gasteiger partial charge < -0.3 is 20.7 Å². The summed E-state index contributed by atoms with van der Waals surface area (Å²) in [7, 11) is 0. The van der Waals surface area contributed by atoms with E-state index >= 15 is 0 Å². The van der Waals surface area contributed by atoms with Gasteiger partial charge in [-0.25, -0.2) is 0 Å². The highest BCUT2D eigenvalue weighted by Crippen LogP contribution is 2.50. The van der Waals surface area contributed by atoms with Crippen molar-refractivity contribution >= 4 is 24.2 Å². The molecule has 2 amide bonds. The van der Waals surface area contributed by atoms with Crippen LogP contribution >= 0.6 is 12.4 Å². The molecule has 0 radical (unpaired) electrons. The maximum Gasteiger partial charge on any atom is 0.251 e. The normalized spacial score (nSPS) is 26.2. The van der Waals surface area contributed by atoms with Gasteiger partial charge in [0.05, 0.1) is 6.10 Å². The van der Waals surface area contributed by atoms with Crippen molar-refractivity contribution in [2.24, 2.45) is 11.1 Å². The molecule has 7 heteroatoms. The summed E-state index contributed by atoms with van der Waals surface area (Å²) in [6.45, 7) is 9.80. The zero-order valence-electron chi connectivity index (χ0n) is 17.9. The molecule has 2 fully saturated rings. The molecule has 0 bridgehead atoms. The number of nitrogens with zero attached hydrogens (tertiary/aromatic N) is 1. The molecule has 0 aromatic heterocycles. The molecule has 0 spiro atoms. The van der Waals surface area contributed by atoms with Crippen molar-refractivity contribution in [2.45, 2.75) is 64.6 Å². The molecule has 3 rings (SSSR count). The number of piperidine rings is 1. The van der Waals surface area contributed by atoms with Gasteiger partial charge in [-0.15, -0.1) is 12.4 Å². The zero-order chi connectivity index (χ0) is 20.5. The molecule has 1 saturated carbocycles. The van der Waals surface area contributed by atoms with Crippen LogP contribution in [0.1, 0.15) is 56.0 Å². The highest BCUT2D eigenvalue weighted by atomic mass is 35.5. The van der Waals surface area contributed by atoms with Crippen molar-refractivity contribution in [3.8, 4) is 0 Å². The first-order chi connectivity index (χ1) is 13.2. The minimum atomic E-state index is -0.871. The standard InChI is InChI=1S/C22H33N3O3.ClH/c1-5-28-18-14-22(23,21(18,3)4)20(27)25-12-10-16(11-13-25)24-19(26)17-9-7-6-8-15(17)2;/h6-9,16,18H,5,10-14,23H2,1-4H3,(H,24,26);1H. The number of likely N-dealkylation sites (tertiary alicyclic amines) is 1. The number of nitrogens with one attached hydrogen (secondary N) is 1. The van der Waals surface area contributed by atoms with E-state index in [2.05, 4.69) is 5.32 Å². The van der Waals surface area contributed by atoms with Gasteiger partial charge in [-0.3, -0.25) is 9.59 Å². The fraction of sp³-hybridized carbons (Fsp3) is 0.636. The molecule has 1 aliphatic carbocycles. The third-order valence-corrected chi connectivity index (χ3v) is 6.72. The van der Waals surface area contributed by atoms with E-state index in [0.717, 1.165) is 18.4 Å². The smallest absolute Gasteiger partial charge is 0.251 e. The number of carbonyl (C=O) groups excluding carboxylic acids is 2. The lowest BCUT2D eigenvalue weighted by Gasteiger charge is -2.59. The number of carbonyl (C=O) groups is 2. The highest BCUT2D eigenvalue weighted by molar-refractivity contribution is 5.95. The van der Waals surface area contributed by atoms with Gasteiger partial charge in [0.1, 0.15) is 5.54 Å². The van der Waals surface area contributed by atoms with Crippen LogP contribution in [-0.2, 0) is 9.53 Å². The fourth-order valence-electron chi connectivity index (χ4n) is 4.40. The summed E-state index contributed by atoms with van der Waals surface area (Å²) in [4.78, 5) is 27.5. The second-order valence-corrected chi connectivity index (χ2v) is 8.70. The van der Waals surface area contributed by atoms with Crippen LogP contribution < -0.4 is 11.1 Å². The topological polar surface area (TPSA) is 84.7 Å². The maximum absolute atomic E-state index is 13.1. The number of nitrogens with two attached hydrogens (primary N) is 1. The van der Waals surface area contributed by atoms with Crippen molar-refractivity contribution in [1.29, 1.82) is 0 Å². The van der Waals surface area contributed by atoms with Crippen LogP contribution in [0.25, 0.3) is 0 Å². The molecular formula is C22H34ClN3O3. The van der Waals surface area contributed by atoms with Gasteiger partial charge in [0.25, 0.3) is 5.91 Å². The molecule has 2 atom stereocenters. The van der Waals surface area contributed by atoms with Crippen LogP contribution in [0.4, 0.5) is 0 Å². The predicted octanol–water partition coefficient (Wildman–Crippen LogP) is 2.67. The van der Waals surface area contributed by atoms with Crippen LogP contribution in [-0.4, -0.2) is 54.1 Å². The number of benzene rings is 1. The van der Waals surface area contributed by atoms with Crippen molar-refractivity contribution < 1.29 is 14.3 Å². The van der Waals surface area contributed by atoms with Crippen molar-refractivity contribution in [2.75, 3.05) is 19.7 Å². The number of hydrogen-bond donors (Lipinski definition) is 2. The largest absolute Gasteiger partial charge is 0.378 e. The molecular weight excluding hydrogens is 390 g/mol. The molecule has 2 aliphatic rings. The van der Waals surface area contributed by atoms with Gasteiger partial charge in [0, 0.05) is 43.1 Å². The Morgan fingerprint density at radius 3 is 2.41 bits per heavy atom. The second-order valence-electron chi connectivity index (χ2n) is 8.70. The quantitative estimate of drug-likeness (QED) is 0.762. The van der Waals surface area contributed by atoms with Crippen molar-refractivity contribution in [3.05, 3.63) is 35.4 Å². The van der Waals surface area contributed by atoms with E-state index in [1.165, 1.54) is 0 Å². The summed E-state index contributed by atoms with van der Waals surface area (Å²) in [5.41, 5.74) is 6.97. The Labute approximate surface area is 179 Å². The van der Waals surface area contributed by atoms with E-state index in [9.17, 15) is 9.59 Å². The molecule has 162 valence electrons. The monoisotopic (exact) mass is 423 g/mol. The van der Waals surface area contributed by atoms with E-state index in [1.807, 2.05) is 56.9 Å². The lowest BCUT2D eigenvalue weighted by Crippen LogP contribution is -2.76. The average Bonchev–Trinajstić information content (AvgIpc) is 2.68. The Morgan fingerprint density at radius 2 is 1.86 bits per heavy atom. The van der Waals surface area contributed by atoms with Crippen molar-refractivity contribution in [3.63, 3.8) is 0 Å². The van der Waals surface area contributed by atoms with Crippen LogP contribution in [0.15, 0.2) is 24.3 Å². The van der Waals surface area contributed by atoms with Crippen LogP contribution in [0, 0.1) is 12.3 Å². The maximum atomic E-state index is 13.1. The number of amides is 2. The third-order valence-electron chi connectivity index (χ3n) is 6.72. The summed E-state index contributed by atoms with van der Waals surface area (Å²) in [5.74, 6) is -0.0324. The number of halogens is 1. The van der Waals surface area contributed by atoms with E-state index in [1.54, 1.807) is 0 Å². The van der Waals surface area contributed by atoms with E-state index in [0.29, 0.717) is 31.7 Å².